The number of aliphatic hydroxyl groups excluding tert-OH is 1. The van der Waals surface area contributed by atoms with Crippen LogP contribution in [0.3, 0.4) is 0 Å². The number of halogens is 1. The molecular weight excluding hydrogens is 395 g/mol. The van der Waals surface area contributed by atoms with Crippen molar-refractivity contribution in [1.29, 1.82) is 0 Å². The van der Waals surface area contributed by atoms with Gasteiger partial charge in [0.05, 0.1) is 30.3 Å². The first-order chi connectivity index (χ1) is 13.0. The molecular formula is C17H21FN2O7S. The number of nitrogens with zero attached hydrogens (tertiary/aromatic N) is 1. The highest BCUT2D eigenvalue weighted by atomic mass is 32.2. The molecule has 2 aliphatic heterocycles. The fourth-order valence-corrected chi connectivity index (χ4v) is 4.92. The molecule has 0 aromatic heterocycles. The number of hydrogen-bond donors (Lipinski definition) is 3. The number of carbonyl (C=O) groups excluding carboxylic acids is 2. The number of sulfone groups is 1. The number of ether oxygens (including phenoxy) is 1. The molecule has 2 heterocycles. The minimum absolute atomic E-state index is 0.100. The van der Waals surface area contributed by atoms with Crippen LogP contribution in [0.25, 0.3) is 0 Å². The summed E-state index contributed by atoms with van der Waals surface area (Å²) in [5, 5.41) is 23.3. The van der Waals surface area contributed by atoms with E-state index in [4.69, 9.17) is 4.74 Å². The summed E-state index contributed by atoms with van der Waals surface area (Å²) in [5.41, 5.74) is -2.09. The lowest BCUT2D eigenvalue weighted by molar-refractivity contribution is -0.119. The van der Waals surface area contributed by atoms with Crippen molar-refractivity contribution in [1.82, 2.24) is 5.32 Å². The third-order valence-electron chi connectivity index (χ3n) is 4.94. The summed E-state index contributed by atoms with van der Waals surface area (Å²) in [5.74, 6) is -2.18. The van der Waals surface area contributed by atoms with Crippen LogP contribution in [-0.2, 0) is 25.0 Å². The molecule has 2 aliphatic rings. The molecule has 0 aliphatic carbocycles. The number of hydrogen-bond acceptors (Lipinski definition) is 7. The summed E-state index contributed by atoms with van der Waals surface area (Å²) in [6.07, 6.45) is -3.29. The van der Waals surface area contributed by atoms with Crippen molar-refractivity contribution in [2.24, 2.45) is 0 Å². The van der Waals surface area contributed by atoms with Crippen molar-refractivity contribution in [3.8, 4) is 0 Å². The molecule has 0 bridgehead atoms. The van der Waals surface area contributed by atoms with Crippen molar-refractivity contribution in [3.05, 3.63) is 29.6 Å². The number of aliphatic hydroxyl groups is 2. The standard InChI is InChI=1S/C17H21FN2O7S/c1-10(21)19-7-12-8-20(16(23)27-12)11-2-3-13(14(18)6-11)17(24)4-5-28(25,26)9-15(17)22/h2-3,6,12,15,22,24H,4-5,7-9H2,1H3,(H,19,21). The third-order valence-corrected chi connectivity index (χ3v) is 6.59. The maximum absolute atomic E-state index is 14.7. The Labute approximate surface area is 161 Å². The van der Waals surface area contributed by atoms with Gasteiger partial charge in [-0.05, 0) is 18.6 Å². The van der Waals surface area contributed by atoms with Crippen LogP contribution in [0.5, 0.6) is 0 Å². The van der Waals surface area contributed by atoms with Crippen LogP contribution in [0.15, 0.2) is 18.2 Å². The Bertz CT molecular complexity index is 907. The highest BCUT2D eigenvalue weighted by Crippen LogP contribution is 2.37. The van der Waals surface area contributed by atoms with Crippen molar-refractivity contribution >= 4 is 27.5 Å². The molecule has 1 aromatic carbocycles. The van der Waals surface area contributed by atoms with Crippen LogP contribution in [0.2, 0.25) is 0 Å². The number of nitrogens with one attached hydrogen (secondary N) is 1. The fraction of sp³-hybridized carbons (Fsp3) is 0.529. The minimum Gasteiger partial charge on any atom is -0.442 e. The zero-order chi connectivity index (χ0) is 20.7. The zero-order valence-corrected chi connectivity index (χ0v) is 15.9. The van der Waals surface area contributed by atoms with Gasteiger partial charge in [0.25, 0.3) is 0 Å². The number of carbonyl (C=O) groups is 2. The van der Waals surface area contributed by atoms with E-state index >= 15 is 0 Å². The highest BCUT2D eigenvalue weighted by Gasteiger charge is 2.46. The SMILES string of the molecule is CC(=O)NCC1CN(c2ccc(C3(O)CCS(=O)(=O)CC3O)c(F)c2)C(=O)O1. The molecule has 2 saturated heterocycles. The van der Waals surface area contributed by atoms with Crippen LogP contribution in [0, 0.1) is 5.82 Å². The number of amides is 2. The van der Waals surface area contributed by atoms with Gasteiger partial charge < -0.3 is 20.3 Å². The third kappa shape index (κ3) is 3.96. The molecule has 28 heavy (non-hydrogen) atoms. The molecule has 0 spiro atoms. The second-order valence-electron chi connectivity index (χ2n) is 7.02. The van der Waals surface area contributed by atoms with Gasteiger partial charge >= 0.3 is 6.09 Å². The first-order valence-corrected chi connectivity index (χ1v) is 10.5. The molecule has 3 unspecified atom stereocenters. The molecule has 1 aromatic rings. The van der Waals surface area contributed by atoms with E-state index in [0.29, 0.717) is 0 Å². The molecule has 154 valence electrons. The van der Waals surface area contributed by atoms with Crippen LogP contribution < -0.4 is 10.2 Å². The normalized spacial score (nSPS) is 29.4. The maximum atomic E-state index is 14.7. The molecule has 9 nitrogen and oxygen atoms in total. The molecule has 3 atom stereocenters. The van der Waals surface area contributed by atoms with Gasteiger partial charge in [-0.2, -0.15) is 0 Å². The molecule has 0 saturated carbocycles. The van der Waals surface area contributed by atoms with Gasteiger partial charge in [0.2, 0.25) is 5.91 Å². The Morgan fingerprint density at radius 2 is 2.18 bits per heavy atom. The van der Waals surface area contributed by atoms with Gasteiger partial charge in [0.15, 0.2) is 9.84 Å². The number of cyclic esters (lactones) is 1. The molecule has 0 radical (unpaired) electrons. The molecule has 2 fully saturated rings. The summed E-state index contributed by atoms with van der Waals surface area (Å²) in [6.45, 7) is 1.56. The molecule has 2 amide bonds. The fourth-order valence-electron chi connectivity index (χ4n) is 3.37. The second kappa shape index (κ2) is 7.30. The maximum Gasteiger partial charge on any atom is 0.414 e. The van der Waals surface area contributed by atoms with Crippen LogP contribution in [0.4, 0.5) is 14.9 Å². The van der Waals surface area contributed by atoms with Crippen molar-refractivity contribution in [2.75, 3.05) is 29.5 Å². The van der Waals surface area contributed by atoms with Crippen LogP contribution >= 0.6 is 0 Å². The Morgan fingerprint density at radius 3 is 2.79 bits per heavy atom. The predicted octanol–water partition coefficient (Wildman–Crippen LogP) is -0.346. The van der Waals surface area contributed by atoms with Crippen LogP contribution in [0.1, 0.15) is 18.9 Å². The van der Waals surface area contributed by atoms with E-state index in [1.165, 1.54) is 24.0 Å². The zero-order valence-electron chi connectivity index (χ0n) is 15.1. The summed E-state index contributed by atoms with van der Waals surface area (Å²) in [6, 6.07) is 3.62. The van der Waals surface area contributed by atoms with Crippen molar-refractivity contribution < 1.29 is 37.3 Å². The summed E-state index contributed by atoms with van der Waals surface area (Å²) >= 11 is 0. The van der Waals surface area contributed by atoms with E-state index in [1.807, 2.05) is 0 Å². The summed E-state index contributed by atoms with van der Waals surface area (Å²) < 4.78 is 43.1. The van der Waals surface area contributed by atoms with Gasteiger partial charge in [-0.1, -0.05) is 6.07 Å². The average Bonchev–Trinajstić information content (AvgIpc) is 2.97. The van der Waals surface area contributed by atoms with E-state index in [2.05, 4.69) is 5.32 Å². The number of anilines is 1. The van der Waals surface area contributed by atoms with Gasteiger partial charge in [-0.3, -0.25) is 9.69 Å². The average molecular weight is 416 g/mol. The Morgan fingerprint density at radius 1 is 1.46 bits per heavy atom. The van der Waals surface area contributed by atoms with Crippen molar-refractivity contribution in [3.63, 3.8) is 0 Å². The van der Waals surface area contributed by atoms with Gasteiger partial charge in [-0.25, -0.2) is 17.6 Å². The smallest absolute Gasteiger partial charge is 0.414 e. The Kier molecular flexibility index (Phi) is 5.34. The Balaban J connectivity index is 1.79. The van der Waals surface area contributed by atoms with E-state index < -0.39 is 45.3 Å². The van der Waals surface area contributed by atoms with E-state index in [-0.39, 0.29) is 42.4 Å². The number of rotatable bonds is 4. The number of benzene rings is 1. The predicted molar refractivity (Wildman–Crippen MR) is 95.9 cm³/mol. The van der Waals surface area contributed by atoms with Crippen LogP contribution in [-0.4, -0.2) is 67.4 Å². The quantitative estimate of drug-likeness (QED) is 0.611. The van der Waals surface area contributed by atoms with E-state index in [9.17, 15) is 32.6 Å². The highest BCUT2D eigenvalue weighted by molar-refractivity contribution is 7.91. The monoisotopic (exact) mass is 416 g/mol. The largest absolute Gasteiger partial charge is 0.442 e. The first kappa shape index (κ1) is 20.5. The first-order valence-electron chi connectivity index (χ1n) is 8.65. The topological polar surface area (TPSA) is 133 Å². The van der Waals surface area contributed by atoms with Gasteiger partial charge in [0, 0.05) is 12.5 Å². The Hall–Kier alpha value is -2.24. The lowest BCUT2D eigenvalue weighted by Crippen LogP contribution is -2.50. The van der Waals surface area contributed by atoms with Crippen molar-refractivity contribution in [2.45, 2.75) is 31.2 Å². The van der Waals surface area contributed by atoms with Gasteiger partial charge in [-0.15, -0.1) is 0 Å². The lowest BCUT2D eigenvalue weighted by atomic mass is 9.85. The molecule has 11 heteroatoms. The second-order valence-corrected chi connectivity index (χ2v) is 9.25. The lowest BCUT2D eigenvalue weighted by Gasteiger charge is -2.37. The van der Waals surface area contributed by atoms with Gasteiger partial charge in [0.1, 0.15) is 23.6 Å². The summed E-state index contributed by atoms with van der Waals surface area (Å²) in [7, 11) is -3.50. The summed E-state index contributed by atoms with van der Waals surface area (Å²) in [4.78, 5) is 24.2. The van der Waals surface area contributed by atoms with E-state index in [1.54, 1.807) is 0 Å². The minimum atomic E-state index is -3.50. The molecule has 3 rings (SSSR count). The van der Waals surface area contributed by atoms with E-state index in [0.717, 1.165) is 6.07 Å². The molecule has 3 N–H and O–H groups in total.